The average Bonchev–Trinajstić information content (AvgIpc) is 2.36. The number of rotatable bonds is 9. The van der Waals surface area contributed by atoms with Crippen molar-refractivity contribution in [3.63, 3.8) is 0 Å². The Labute approximate surface area is 120 Å². The highest BCUT2D eigenvalue weighted by Gasteiger charge is 2.21. The first-order chi connectivity index (χ1) is 9.31. The van der Waals surface area contributed by atoms with E-state index in [0.717, 1.165) is 0 Å². The molecule has 6 nitrogen and oxygen atoms in total. The smallest absolute Gasteiger partial charge is 0.326 e. The minimum atomic E-state index is -1.04. The Kier molecular flexibility index (Phi) is 8.59. The Morgan fingerprint density at radius 1 is 1.10 bits per heavy atom. The molecule has 0 aliphatic rings. The Bertz CT molecular complexity index is 338. The largest absolute Gasteiger partial charge is 0.480 e. The molecule has 0 saturated carbocycles. The fraction of sp³-hybridized carbons (Fsp3) is 0.786. The minimum Gasteiger partial charge on any atom is -0.480 e. The normalized spacial score (nSPS) is 12.1. The molecule has 0 heterocycles. The van der Waals surface area contributed by atoms with Crippen LogP contribution in [0.15, 0.2) is 0 Å². The Balaban J connectivity index is 4.27. The minimum absolute atomic E-state index is 0.0250. The molecule has 116 valence electrons. The van der Waals surface area contributed by atoms with Gasteiger partial charge in [-0.15, -0.1) is 0 Å². The maximum absolute atomic E-state index is 11.7. The van der Waals surface area contributed by atoms with Crippen LogP contribution in [-0.4, -0.2) is 46.9 Å². The second-order valence-electron chi connectivity index (χ2n) is 5.15. The number of carbonyl (C=O) groups excluding carboxylic acids is 2. The number of carboxylic acid groups (broad SMARTS) is 1. The summed E-state index contributed by atoms with van der Waals surface area (Å²) in [6.45, 7) is 8.78. The summed E-state index contributed by atoms with van der Waals surface area (Å²) in [6.07, 6.45) is 0.518. The fourth-order valence-electron chi connectivity index (χ4n) is 1.91. The van der Waals surface area contributed by atoms with Crippen LogP contribution in [0.1, 0.15) is 47.0 Å². The summed E-state index contributed by atoms with van der Waals surface area (Å²) in [7, 11) is 0. The number of carbonyl (C=O) groups is 3. The average molecular weight is 286 g/mol. The van der Waals surface area contributed by atoms with Crippen molar-refractivity contribution in [2.75, 3.05) is 13.1 Å². The third kappa shape index (κ3) is 7.11. The number of carboxylic acids is 1. The third-order valence-corrected chi connectivity index (χ3v) is 3.02. The number of nitrogens with one attached hydrogen (secondary N) is 1. The van der Waals surface area contributed by atoms with E-state index in [1.807, 2.05) is 27.7 Å². The van der Waals surface area contributed by atoms with Gasteiger partial charge in [0.1, 0.15) is 6.04 Å². The molecule has 0 bridgehead atoms. The van der Waals surface area contributed by atoms with Crippen molar-refractivity contribution in [3.8, 4) is 0 Å². The fourth-order valence-corrected chi connectivity index (χ4v) is 1.91. The molecule has 0 spiro atoms. The molecule has 2 N–H and O–H groups in total. The molecule has 0 saturated heterocycles. The molecule has 20 heavy (non-hydrogen) atoms. The Morgan fingerprint density at radius 2 is 1.65 bits per heavy atom. The van der Waals surface area contributed by atoms with Crippen LogP contribution in [-0.2, 0) is 14.4 Å². The van der Waals surface area contributed by atoms with Crippen molar-refractivity contribution in [2.24, 2.45) is 5.92 Å². The zero-order valence-corrected chi connectivity index (χ0v) is 12.8. The lowest BCUT2D eigenvalue weighted by Gasteiger charge is -2.19. The van der Waals surface area contributed by atoms with Crippen LogP contribution >= 0.6 is 0 Å². The van der Waals surface area contributed by atoms with Crippen LogP contribution in [0.3, 0.4) is 0 Å². The van der Waals surface area contributed by atoms with Crippen LogP contribution in [0.25, 0.3) is 0 Å². The Morgan fingerprint density at radius 3 is 2.05 bits per heavy atom. The van der Waals surface area contributed by atoms with Gasteiger partial charge in [0.05, 0.1) is 0 Å². The molecule has 2 amide bonds. The predicted molar refractivity (Wildman–Crippen MR) is 76.2 cm³/mol. The standard InChI is InChI=1S/C14H26N2O4/c1-5-16(6-2)13(18)8-7-12(17)15-11(14(19)20)9-10(3)4/h10-11H,5-9H2,1-4H3,(H,15,17)(H,19,20). The van der Waals surface area contributed by atoms with E-state index >= 15 is 0 Å². The highest BCUT2D eigenvalue weighted by atomic mass is 16.4. The van der Waals surface area contributed by atoms with Crippen molar-refractivity contribution >= 4 is 17.8 Å². The van der Waals surface area contributed by atoms with Crippen LogP contribution in [0.4, 0.5) is 0 Å². The van der Waals surface area contributed by atoms with Gasteiger partial charge in [-0.3, -0.25) is 9.59 Å². The molecule has 0 rings (SSSR count). The maximum Gasteiger partial charge on any atom is 0.326 e. The highest BCUT2D eigenvalue weighted by Crippen LogP contribution is 2.06. The molecule has 0 radical (unpaired) electrons. The van der Waals surface area contributed by atoms with Gasteiger partial charge in [-0.05, 0) is 26.2 Å². The number of hydrogen-bond acceptors (Lipinski definition) is 3. The molecule has 0 fully saturated rings. The van der Waals surface area contributed by atoms with Crippen LogP contribution in [0.5, 0.6) is 0 Å². The SMILES string of the molecule is CCN(CC)C(=O)CCC(=O)NC(CC(C)C)C(=O)O. The highest BCUT2D eigenvalue weighted by molar-refractivity contribution is 5.86. The van der Waals surface area contributed by atoms with Crippen LogP contribution in [0, 0.1) is 5.92 Å². The lowest BCUT2D eigenvalue weighted by atomic mass is 10.0. The van der Waals surface area contributed by atoms with E-state index in [-0.39, 0.29) is 24.7 Å². The van der Waals surface area contributed by atoms with Crippen molar-refractivity contribution in [3.05, 3.63) is 0 Å². The summed E-state index contributed by atoms with van der Waals surface area (Å²) in [5.74, 6) is -1.34. The second kappa shape index (κ2) is 9.34. The summed E-state index contributed by atoms with van der Waals surface area (Å²) in [4.78, 5) is 36.1. The zero-order valence-electron chi connectivity index (χ0n) is 12.8. The van der Waals surface area contributed by atoms with Crippen molar-refractivity contribution in [1.82, 2.24) is 10.2 Å². The van der Waals surface area contributed by atoms with Crippen LogP contribution in [0.2, 0.25) is 0 Å². The number of hydrogen-bond donors (Lipinski definition) is 2. The van der Waals surface area contributed by atoms with E-state index in [4.69, 9.17) is 5.11 Å². The quantitative estimate of drug-likeness (QED) is 0.668. The summed E-state index contributed by atoms with van der Waals surface area (Å²) < 4.78 is 0. The van der Waals surface area contributed by atoms with E-state index in [2.05, 4.69) is 5.32 Å². The van der Waals surface area contributed by atoms with Gasteiger partial charge in [0.15, 0.2) is 0 Å². The molecule has 1 atom stereocenters. The predicted octanol–water partition coefficient (Wildman–Crippen LogP) is 1.25. The lowest BCUT2D eigenvalue weighted by molar-refractivity contribution is -0.142. The van der Waals surface area contributed by atoms with Crippen molar-refractivity contribution in [2.45, 2.75) is 53.0 Å². The zero-order chi connectivity index (χ0) is 15.7. The number of nitrogens with zero attached hydrogens (tertiary/aromatic N) is 1. The van der Waals surface area contributed by atoms with Gasteiger partial charge in [0, 0.05) is 25.9 Å². The molecular weight excluding hydrogens is 260 g/mol. The number of aliphatic carboxylic acids is 1. The first-order valence-electron chi connectivity index (χ1n) is 7.11. The molecular formula is C14H26N2O4. The van der Waals surface area contributed by atoms with E-state index in [1.54, 1.807) is 4.90 Å². The van der Waals surface area contributed by atoms with E-state index < -0.39 is 17.9 Å². The van der Waals surface area contributed by atoms with Crippen molar-refractivity contribution < 1.29 is 19.5 Å². The topological polar surface area (TPSA) is 86.7 Å². The summed E-state index contributed by atoms with van der Waals surface area (Å²) in [5, 5.41) is 11.5. The van der Waals surface area contributed by atoms with Gasteiger partial charge in [0.2, 0.25) is 11.8 Å². The van der Waals surface area contributed by atoms with Gasteiger partial charge in [0.25, 0.3) is 0 Å². The van der Waals surface area contributed by atoms with E-state index in [1.165, 1.54) is 0 Å². The van der Waals surface area contributed by atoms with Gasteiger partial charge in [-0.1, -0.05) is 13.8 Å². The number of amides is 2. The van der Waals surface area contributed by atoms with Gasteiger partial charge >= 0.3 is 5.97 Å². The first-order valence-corrected chi connectivity index (χ1v) is 7.11. The lowest BCUT2D eigenvalue weighted by Crippen LogP contribution is -2.42. The van der Waals surface area contributed by atoms with Crippen molar-refractivity contribution in [1.29, 1.82) is 0 Å². The van der Waals surface area contributed by atoms with Gasteiger partial charge in [-0.2, -0.15) is 0 Å². The molecule has 0 aromatic carbocycles. The third-order valence-electron chi connectivity index (χ3n) is 3.02. The second-order valence-corrected chi connectivity index (χ2v) is 5.15. The molecule has 1 unspecified atom stereocenters. The van der Waals surface area contributed by atoms with E-state index in [9.17, 15) is 14.4 Å². The monoisotopic (exact) mass is 286 g/mol. The molecule has 0 aromatic rings. The Hall–Kier alpha value is -1.59. The van der Waals surface area contributed by atoms with Crippen LogP contribution < -0.4 is 5.32 Å². The summed E-state index contributed by atoms with van der Waals surface area (Å²) in [6, 6.07) is -0.883. The maximum atomic E-state index is 11.7. The first kappa shape index (κ1) is 18.4. The van der Waals surface area contributed by atoms with E-state index in [0.29, 0.717) is 19.5 Å². The molecule has 6 heteroatoms. The summed E-state index contributed by atoms with van der Waals surface area (Å²) in [5.41, 5.74) is 0. The summed E-state index contributed by atoms with van der Waals surface area (Å²) >= 11 is 0. The molecule has 0 aliphatic heterocycles. The molecule has 0 aromatic heterocycles. The van der Waals surface area contributed by atoms with Gasteiger partial charge < -0.3 is 15.3 Å². The van der Waals surface area contributed by atoms with Gasteiger partial charge in [-0.25, -0.2) is 4.79 Å². The molecule has 0 aliphatic carbocycles.